The number of ether oxygens (including phenoxy) is 3. The van der Waals surface area contributed by atoms with Crippen molar-refractivity contribution in [2.24, 2.45) is 0 Å². The molecule has 1 aromatic carbocycles. The largest absolute Gasteiger partial charge is 0.474 e. The highest BCUT2D eigenvalue weighted by molar-refractivity contribution is 7.92. The van der Waals surface area contributed by atoms with Crippen LogP contribution in [0.15, 0.2) is 29.4 Å². The van der Waals surface area contributed by atoms with Crippen molar-refractivity contribution in [1.82, 2.24) is 14.9 Å². The van der Waals surface area contributed by atoms with E-state index in [9.17, 15) is 17.6 Å². The van der Waals surface area contributed by atoms with Crippen LogP contribution < -0.4 is 9.47 Å². The predicted octanol–water partition coefficient (Wildman–Crippen LogP) is 5.11. The van der Waals surface area contributed by atoms with Gasteiger partial charge in [0.15, 0.2) is 21.4 Å². The molecule has 2 saturated heterocycles. The number of amides is 1. The summed E-state index contributed by atoms with van der Waals surface area (Å²) in [6, 6.07) is 3.79. The summed E-state index contributed by atoms with van der Waals surface area (Å²) in [6.07, 6.45) is 8.26. The molecular weight excluding hydrogens is 513 g/mol. The number of benzene rings is 1. The molecule has 2 saturated carbocycles. The Morgan fingerprint density at radius 3 is 2.37 bits per heavy atom. The summed E-state index contributed by atoms with van der Waals surface area (Å²) < 4.78 is 57.4. The Balaban J connectivity index is 1.12. The van der Waals surface area contributed by atoms with Crippen molar-refractivity contribution in [1.29, 1.82) is 0 Å². The second-order valence-corrected chi connectivity index (χ2v) is 13.5. The fourth-order valence-electron chi connectivity index (χ4n) is 5.78. The molecule has 3 atom stereocenters. The third-order valence-electron chi connectivity index (χ3n) is 8.32. The number of halogens is 1. The number of hydrogen-bond donors (Lipinski definition) is 0. The fraction of sp³-hybridized carbons (Fsp3) is 0.593. The molecule has 2 aromatic rings. The van der Waals surface area contributed by atoms with Crippen LogP contribution in [0.2, 0.25) is 0 Å². The van der Waals surface area contributed by atoms with E-state index < -0.39 is 20.9 Å². The highest BCUT2D eigenvalue weighted by atomic mass is 32.2. The summed E-state index contributed by atoms with van der Waals surface area (Å²) in [5.74, 6) is -0.438. The standard InChI is InChI=1S/C27H32FN3O6S/c1-16-24(35-19-12-17-4-5-18(13-19)31(17)26(32)37-27(2)10-3-11-27)29-15-30-25(16)36-23-9-8-21(14-22(23)28)38(33,34)20-6-7-20/h8-9,14-15,17-20H,3-7,10-13H2,1-2H3/t17-,18?,19+/m0/s1. The summed E-state index contributed by atoms with van der Waals surface area (Å²) in [4.78, 5) is 23.2. The summed E-state index contributed by atoms with van der Waals surface area (Å²) in [5, 5.41) is -0.420. The quantitative estimate of drug-likeness (QED) is 0.473. The Hall–Kier alpha value is -2.95. The molecule has 9 nitrogen and oxygen atoms in total. The minimum atomic E-state index is -3.50. The van der Waals surface area contributed by atoms with E-state index in [2.05, 4.69) is 9.97 Å². The van der Waals surface area contributed by atoms with Gasteiger partial charge in [0.2, 0.25) is 11.8 Å². The van der Waals surface area contributed by atoms with Gasteiger partial charge in [-0.25, -0.2) is 27.6 Å². The lowest BCUT2D eigenvalue weighted by Gasteiger charge is -2.43. The van der Waals surface area contributed by atoms with Crippen molar-refractivity contribution in [3.05, 3.63) is 35.9 Å². The van der Waals surface area contributed by atoms with E-state index in [1.807, 2.05) is 11.8 Å². The maximum Gasteiger partial charge on any atom is 0.410 e. The zero-order chi connectivity index (χ0) is 26.7. The summed E-state index contributed by atoms with van der Waals surface area (Å²) in [5.41, 5.74) is 0.178. The van der Waals surface area contributed by atoms with Gasteiger partial charge in [-0.15, -0.1) is 0 Å². The molecule has 4 aliphatic rings. The topological polar surface area (TPSA) is 108 Å². The molecule has 3 heterocycles. The van der Waals surface area contributed by atoms with Crippen LogP contribution in [0.5, 0.6) is 17.5 Å². The van der Waals surface area contributed by atoms with Crippen molar-refractivity contribution < 1.29 is 31.8 Å². The van der Waals surface area contributed by atoms with Gasteiger partial charge in [0, 0.05) is 24.9 Å². The molecule has 11 heteroatoms. The van der Waals surface area contributed by atoms with Gasteiger partial charge in [-0.05, 0) is 77.0 Å². The van der Waals surface area contributed by atoms with Gasteiger partial charge in [0.25, 0.3) is 0 Å². The number of aromatic nitrogens is 2. The molecule has 2 aliphatic carbocycles. The first-order valence-corrected chi connectivity index (χ1v) is 14.9. The SMILES string of the molecule is Cc1c(Oc2ccc(S(=O)(=O)C3CC3)cc2F)ncnc1O[C@H]1CC2CC[C@@H](C1)N2C(=O)OC1(C)CCC1. The monoisotopic (exact) mass is 545 g/mol. The van der Waals surface area contributed by atoms with Crippen molar-refractivity contribution in [3.63, 3.8) is 0 Å². The van der Waals surface area contributed by atoms with Crippen LogP contribution in [0.4, 0.5) is 9.18 Å². The van der Waals surface area contributed by atoms with E-state index in [1.165, 1.54) is 18.5 Å². The average Bonchev–Trinajstić information content (AvgIpc) is 3.67. The normalized spacial score (nSPS) is 26.0. The number of carbonyl (C=O) groups excluding carboxylic acids is 1. The smallest absolute Gasteiger partial charge is 0.410 e. The lowest BCUT2D eigenvalue weighted by atomic mass is 9.82. The minimum Gasteiger partial charge on any atom is -0.474 e. The summed E-state index contributed by atoms with van der Waals surface area (Å²) in [6.45, 7) is 3.73. The maximum absolute atomic E-state index is 14.8. The van der Waals surface area contributed by atoms with Gasteiger partial charge in [-0.1, -0.05) is 0 Å². The van der Waals surface area contributed by atoms with Crippen molar-refractivity contribution in [3.8, 4) is 17.5 Å². The van der Waals surface area contributed by atoms with Gasteiger partial charge in [0.1, 0.15) is 18.0 Å². The van der Waals surface area contributed by atoms with Gasteiger partial charge >= 0.3 is 6.09 Å². The predicted molar refractivity (Wildman–Crippen MR) is 134 cm³/mol. The van der Waals surface area contributed by atoms with E-state index >= 15 is 0 Å². The molecule has 0 spiro atoms. The first-order valence-electron chi connectivity index (χ1n) is 13.3. The van der Waals surface area contributed by atoms with Gasteiger partial charge in [-0.3, -0.25) is 0 Å². The number of fused-ring (bicyclic) bond motifs is 2. The van der Waals surface area contributed by atoms with E-state index in [0.29, 0.717) is 37.1 Å². The second kappa shape index (κ2) is 9.36. The molecule has 6 rings (SSSR count). The Bertz CT molecular complexity index is 1350. The molecule has 4 fully saturated rings. The molecule has 1 amide bonds. The molecule has 2 aliphatic heterocycles. The molecular formula is C27H32FN3O6S. The van der Waals surface area contributed by atoms with Crippen LogP contribution >= 0.6 is 0 Å². The third-order valence-corrected chi connectivity index (χ3v) is 10.6. The number of rotatable bonds is 7. The van der Waals surface area contributed by atoms with Gasteiger partial charge < -0.3 is 19.1 Å². The van der Waals surface area contributed by atoms with Gasteiger partial charge in [0.05, 0.1) is 15.7 Å². The Morgan fingerprint density at radius 2 is 1.76 bits per heavy atom. The van der Waals surface area contributed by atoms with Crippen molar-refractivity contribution in [2.45, 2.75) is 106 Å². The fourth-order valence-corrected chi connectivity index (χ4v) is 7.44. The zero-order valence-corrected chi connectivity index (χ0v) is 22.4. The van der Waals surface area contributed by atoms with E-state index in [0.717, 1.165) is 38.2 Å². The van der Waals surface area contributed by atoms with Crippen LogP contribution in [0.3, 0.4) is 0 Å². The first-order chi connectivity index (χ1) is 18.1. The van der Waals surface area contributed by atoms with E-state index in [1.54, 1.807) is 6.92 Å². The first kappa shape index (κ1) is 25.3. The number of carbonyl (C=O) groups is 1. The lowest BCUT2D eigenvalue weighted by Crippen LogP contribution is -2.52. The van der Waals surface area contributed by atoms with Crippen LogP contribution in [0.25, 0.3) is 0 Å². The number of sulfone groups is 1. The summed E-state index contributed by atoms with van der Waals surface area (Å²) in [7, 11) is -3.50. The minimum absolute atomic E-state index is 0.0417. The van der Waals surface area contributed by atoms with Gasteiger partial charge in [-0.2, -0.15) is 0 Å². The highest BCUT2D eigenvalue weighted by Gasteiger charge is 2.47. The van der Waals surface area contributed by atoms with E-state index in [-0.39, 0.29) is 46.4 Å². The maximum atomic E-state index is 14.8. The molecule has 0 N–H and O–H groups in total. The highest BCUT2D eigenvalue weighted by Crippen LogP contribution is 2.41. The lowest BCUT2D eigenvalue weighted by molar-refractivity contribution is -0.0610. The molecule has 2 bridgehead atoms. The zero-order valence-electron chi connectivity index (χ0n) is 21.6. The third kappa shape index (κ3) is 4.69. The summed E-state index contributed by atoms with van der Waals surface area (Å²) >= 11 is 0. The molecule has 204 valence electrons. The molecule has 0 radical (unpaired) electrons. The van der Waals surface area contributed by atoms with Crippen molar-refractivity contribution in [2.75, 3.05) is 0 Å². The molecule has 38 heavy (non-hydrogen) atoms. The van der Waals surface area contributed by atoms with Crippen LogP contribution in [0.1, 0.15) is 70.3 Å². The van der Waals surface area contributed by atoms with Crippen LogP contribution in [0, 0.1) is 12.7 Å². The van der Waals surface area contributed by atoms with Crippen molar-refractivity contribution >= 4 is 15.9 Å². The number of piperidine rings is 1. The Kier molecular flexibility index (Phi) is 6.24. The molecule has 1 aromatic heterocycles. The number of nitrogens with zero attached hydrogens (tertiary/aromatic N) is 3. The molecule has 1 unspecified atom stereocenters. The second-order valence-electron chi connectivity index (χ2n) is 11.2. The van der Waals surface area contributed by atoms with Crippen LogP contribution in [-0.4, -0.2) is 58.4 Å². The average molecular weight is 546 g/mol. The Labute approximate surface area is 221 Å². The van der Waals surface area contributed by atoms with Crippen LogP contribution in [-0.2, 0) is 14.6 Å². The number of hydrogen-bond acceptors (Lipinski definition) is 8. The Morgan fingerprint density at radius 1 is 1.08 bits per heavy atom. The van der Waals surface area contributed by atoms with E-state index in [4.69, 9.17) is 14.2 Å².